The van der Waals surface area contributed by atoms with Crippen LogP contribution in [0.1, 0.15) is 17.5 Å². The number of benzene rings is 2. The fourth-order valence-electron chi connectivity index (χ4n) is 4.37. The lowest BCUT2D eigenvalue weighted by molar-refractivity contribution is -0.123. The van der Waals surface area contributed by atoms with Crippen LogP contribution in [0.15, 0.2) is 59.6 Å². The molecule has 2 saturated heterocycles. The molecule has 10 heteroatoms. The Morgan fingerprint density at radius 2 is 1.97 bits per heavy atom. The number of sulfone groups is 1. The standard InChI is InChI=1S/C25H23N3O4S3/c1-16-12-17(8-9-21(16)32-2)23-18(14-27(26-23)19-6-4-3-5-7-19)13-22-24(29)28(25(33)34-22)20-10-11-35(30,31)15-20/h3-9,12-14,20H,10-11,15H2,1-2H3/b22-13-. The van der Waals surface area contributed by atoms with E-state index < -0.39 is 15.9 Å². The van der Waals surface area contributed by atoms with Gasteiger partial charge in [0.25, 0.3) is 5.91 Å². The summed E-state index contributed by atoms with van der Waals surface area (Å²) in [6.45, 7) is 1.97. The summed E-state index contributed by atoms with van der Waals surface area (Å²) in [6, 6.07) is 15.2. The number of ether oxygens (including phenoxy) is 1. The third-order valence-corrected chi connectivity index (χ3v) is 9.20. The highest BCUT2D eigenvalue weighted by atomic mass is 32.2. The molecule has 2 fully saturated rings. The van der Waals surface area contributed by atoms with Crippen LogP contribution >= 0.6 is 24.0 Å². The predicted molar refractivity (Wildman–Crippen MR) is 142 cm³/mol. The van der Waals surface area contributed by atoms with Crippen LogP contribution in [-0.4, -0.2) is 58.0 Å². The molecule has 3 aromatic rings. The van der Waals surface area contributed by atoms with Gasteiger partial charge in [0.15, 0.2) is 9.84 Å². The molecule has 2 aliphatic heterocycles. The van der Waals surface area contributed by atoms with Crippen LogP contribution in [0.3, 0.4) is 0 Å². The number of para-hydroxylation sites is 1. The molecule has 1 amide bonds. The lowest BCUT2D eigenvalue weighted by Gasteiger charge is -2.20. The first-order chi connectivity index (χ1) is 16.8. The molecule has 2 aromatic carbocycles. The largest absolute Gasteiger partial charge is 0.496 e. The Balaban J connectivity index is 1.56. The third kappa shape index (κ3) is 4.65. The average Bonchev–Trinajstić information content (AvgIpc) is 3.49. The normalized spacial score (nSPS) is 20.7. The molecule has 3 heterocycles. The SMILES string of the molecule is COc1ccc(-c2nn(-c3ccccc3)cc2/C=C2\SC(=S)N(C3CCS(=O)(=O)C3)C2=O)cc1C. The number of amides is 1. The highest BCUT2D eigenvalue weighted by Gasteiger charge is 2.42. The first-order valence-electron chi connectivity index (χ1n) is 11.0. The van der Waals surface area contributed by atoms with Gasteiger partial charge in [0.2, 0.25) is 0 Å². The molecule has 35 heavy (non-hydrogen) atoms. The minimum absolute atomic E-state index is 0.0466. The molecular weight excluding hydrogens is 502 g/mol. The quantitative estimate of drug-likeness (QED) is 0.364. The number of nitrogens with zero attached hydrogens (tertiary/aromatic N) is 3. The van der Waals surface area contributed by atoms with E-state index in [1.807, 2.05) is 61.7 Å². The van der Waals surface area contributed by atoms with Gasteiger partial charge in [0.05, 0.1) is 35.2 Å². The second-order valence-electron chi connectivity index (χ2n) is 8.51. The average molecular weight is 526 g/mol. The Bertz CT molecular complexity index is 1460. The van der Waals surface area contributed by atoms with Crippen LogP contribution in [0.4, 0.5) is 0 Å². The Labute approximate surface area is 213 Å². The van der Waals surface area contributed by atoms with Crippen LogP contribution < -0.4 is 4.74 Å². The maximum atomic E-state index is 13.3. The number of hydrogen-bond donors (Lipinski definition) is 0. The van der Waals surface area contributed by atoms with Gasteiger partial charge in [0.1, 0.15) is 15.8 Å². The number of methoxy groups -OCH3 is 1. The zero-order chi connectivity index (χ0) is 24.7. The van der Waals surface area contributed by atoms with Gasteiger partial charge in [-0.05, 0) is 55.3 Å². The Hall–Kier alpha value is -2.95. The molecule has 0 spiro atoms. The Morgan fingerprint density at radius 1 is 1.20 bits per heavy atom. The van der Waals surface area contributed by atoms with E-state index in [1.165, 1.54) is 16.7 Å². The maximum absolute atomic E-state index is 13.3. The van der Waals surface area contributed by atoms with E-state index >= 15 is 0 Å². The number of aromatic nitrogens is 2. The summed E-state index contributed by atoms with van der Waals surface area (Å²) in [5.74, 6) is 0.560. The van der Waals surface area contributed by atoms with Crippen molar-refractivity contribution in [2.75, 3.05) is 18.6 Å². The van der Waals surface area contributed by atoms with E-state index in [1.54, 1.807) is 17.9 Å². The highest BCUT2D eigenvalue weighted by molar-refractivity contribution is 8.26. The minimum Gasteiger partial charge on any atom is -0.496 e. The summed E-state index contributed by atoms with van der Waals surface area (Å²) in [7, 11) is -1.51. The van der Waals surface area contributed by atoms with Gasteiger partial charge in [-0.1, -0.05) is 42.2 Å². The van der Waals surface area contributed by atoms with E-state index in [2.05, 4.69) is 0 Å². The van der Waals surface area contributed by atoms with Crippen molar-refractivity contribution in [2.45, 2.75) is 19.4 Å². The molecule has 0 saturated carbocycles. The van der Waals surface area contributed by atoms with Crippen molar-refractivity contribution in [3.8, 4) is 22.7 Å². The maximum Gasteiger partial charge on any atom is 0.266 e. The number of thiocarbonyl (C=S) groups is 1. The van der Waals surface area contributed by atoms with Gasteiger partial charge in [-0.25, -0.2) is 13.1 Å². The molecule has 2 aliphatic rings. The molecule has 180 valence electrons. The second-order valence-corrected chi connectivity index (χ2v) is 12.4. The fourth-order valence-corrected chi connectivity index (χ4v) is 7.46. The third-order valence-electron chi connectivity index (χ3n) is 6.12. The van der Waals surface area contributed by atoms with Gasteiger partial charge in [-0.15, -0.1) is 0 Å². The smallest absolute Gasteiger partial charge is 0.266 e. The molecule has 7 nitrogen and oxygen atoms in total. The molecule has 0 aliphatic carbocycles. The lowest BCUT2D eigenvalue weighted by Crippen LogP contribution is -2.39. The Kier molecular flexibility index (Phi) is 6.29. The van der Waals surface area contributed by atoms with Crippen molar-refractivity contribution in [2.24, 2.45) is 0 Å². The van der Waals surface area contributed by atoms with Crippen molar-refractivity contribution in [1.82, 2.24) is 14.7 Å². The minimum atomic E-state index is -3.14. The van der Waals surface area contributed by atoms with Crippen molar-refractivity contribution in [3.63, 3.8) is 0 Å². The van der Waals surface area contributed by atoms with Crippen molar-refractivity contribution < 1.29 is 17.9 Å². The summed E-state index contributed by atoms with van der Waals surface area (Å²) in [5, 5.41) is 4.83. The van der Waals surface area contributed by atoms with Gasteiger partial charge in [-0.2, -0.15) is 5.10 Å². The Morgan fingerprint density at radius 3 is 2.63 bits per heavy atom. The molecule has 1 aromatic heterocycles. The number of carbonyl (C=O) groups excluding carboxylic acids is 1. The van der Waals surface area contributed by atoms with Gasteiger partial charge < -0.3 is 4.74 Å². The zero-order valence-electron chi connectivity index (χ0n) is 19.2. The second kappa shape index (κ2) is 9.25. The van der Waals surface area contributed by atoms with Crippen LogP contribution in [0, 0.1) is 6.92 Å². The summed E-state index contributed by atoms with van der Waals surface area (Å²) in [6.07, 6.45) is 4.09. The zero-order valence-corrected chi connectivity index (χ0v) is 21.6. The first-order valence-corrected chi connectivity index (χ1v) is 14.1. The van der Waals surface area contributed by atoms with Crippen LogP contribution in [0.5, 0.6) is 5.75 Å². The number of aryl methyl sites for hydroxylation is 1. The van der Waals surface area contributed by atoms with Gasteiger partial charge in [-0.3, -0.25) is 9.69 Å². The molecule has 5 rings (SSSR count). The summed E-state index contributed by atoms with van der Waals surface area (Å²) >= 11 is 6.67. The molecule has 1 unspecified atom stereocenters. The molecule has 0 radical (unpaired) electrons. The topological polar surface area (TPSA) is 81.5 Å². The summed E-state index contributed by atoms with van der Waals surface area (Å²) in [4.78, 5) is 15.2. The molecule has 0 N–H and O–H groups in total. The number of hydrogen-bond acceptors (Lipinski definition) is 7. The first kappa shape index (κ1) is 23.8. The van der Waals surface area contributed by atoms with Crippen LogP contribution in [-0.2, 0) is 14.6 Å². The molecule has 0 bridgehead atoms. The fraction of sp³-hybridized carbons (Fsp3) is 0.240. The monoisotopic (exact) mass is 525 g/mol. The summed E-state index contributed by atoms with van der Waals surface area (Å²) < 4.78 is 31.5. The van der Waals surface area contributed by atoms with Gasteiger partial charge in [0, 0.05) is 17.3 Å². The highest BCUT2D eigenvalue weighted by Crippen LogP contribution is 2.38. The number of rotatable bonds is 5. The lowest BCUT2D eigenvalue weighted by atomic mass is 10.0. The summed E-state index contributed by atoms with van der Waals surface area (Å²) in [5.41, 5.74) is 4.23. The molecule has 1 atom stereocenters. The van der Waals surface area contributed by atoms with Gasteiger partial charge >= 0.3 is 0 Å². The van der Waals surface area contributed by atoms with E-state index in [0.717, 1.165) is 28.1 Å². The van der Waals surface area contributed by atoms with E-state index in [9.17, 15) is 13.2 Å². The van der Waals surface area contributed by atoms with E-state index in [0.29, 0.717) is 21.3 Å². The molecular formula is C25H23N3O4S3. The number of carbonyl (C=O) groups is 1. The van der Waals surface area contributed by atoms with Crippen molar-refractivity contribution in [3.05, 3.63) is 70.8 Å². The predicted octanol–water partition coefficient (Wildman–Crippen LogP) is 4.24. The van der Waals surface area contributed by atoms with Crippen molar-refractivity contribution >= 4 is 50.1 Å². The van der Waals surface area contributed by atoms with E-state index in [-0.39, 0.29) is 17.4 Å². The van der Waals surface area contributed by atoms with Crippen molar-refractivity contribution in [1.29, 1.82) is 0 Å². The van der Waals surface area contributed by atoms with E-state index in [4.69, 9.17) is 22.1 Å². The van der Waals surface area contributed by atoms with Crippen LogP contribution in [0.2, 0.25) is 0 Å². The number of thioether (sulfide) groups is 1. The van der Waals surface area contributed by atoms with Crippen LogP contribution in [0.25, 0.3) is 23.0 Å².